The van der Waals surface area contributed by atoms with Crippen molar-refractivity contribution in [1.82, 2.24) is 9.97 Å². The zero-order valence-corrected chi connectivity index (χ0v) is 13.0. The summed E-state index contributed by atoms with van der Waals surface area (Å²) in [6.07, 6.45) is 3.08. The molecule has 102 valence electrons. The number of nitrogens with one attached hydrogen (secondary N) is 1. The molecule has 0 radical (unpaired) electrons. The van der Waals surface area contributed by atoms with E-state index in [4.69, 9.17) is 4.74 Å². The van der Waals surface area contributed by atoms with Gasteiger partial charge < -0.3 is 10.1 Å². The lowest BCUT2D eigenvalue weighted by atomic mass is 10.2. The molecule has 0 aliphatic rings. The topological polar surface area (TPSA) is 47.0 Å². The first kappa shape index (κ1) is 15.4. The summed E-state index contributed by atoms with van der Waals surface area (Å²) in [6.45, 7) is 8.32. The molecule has 1 aromatic rings. The zero-order chi connectivity index (χ0) is 13.4. The number of ether oxygens (including phenoxy) is 1. The van der Waals surface area contributed by atoms with Crippen molar-refractivity contribution in [2.24, 2.45) is 0 Å². The maximum absolute atomic E-state index is 5.38. The first-order chi connectivity index (χ1) is 8.72. The summed E-state index contributed by atoms with van der Waals surface area (Å²) in [6, 6.07) is 0. The molecule has 5 heteroatoms. The molecular weight excluding hydrogens is 294 g/mol. The van der Waals surface area contributed by atoms with Gasteiger partial charge in [-0.05, 0) is 35.7 Å². The van der Waals surface area contributed by atoms with Crippen molar-refractivity contribution in [1.29, 1.82) is 0 Å². The van der Waals surface area contributed by atoms with Gasteiger partial charge in [0.05, 0.1) is 10.2 Å². The van der Waals surface area contributed by atoms with E-state index >= 15 is 0 Å². The minimum Gasteiger partial charge on any atom is -0.374 e. The molecule has 0 aliphatic carbocycles. The highest BCUT2D eigenvalue weighted by Gasteiger charge is 2.11. The van der Waals surface area contributed by atoms with Gasteiger partial charge in [-0.1, -0.05) is 20.3 Å². The summed E-state index contributed by atoms with van der Waals surface area (Å²) in [7, 11) is 0. The predicted octanol–water partition coefficient (Wildman–Crippen LogP) is 3.55. The molecule has 4 nitrogen and oxygen atoms in total. The van der Waals surface area contributed by atoms with Gasteiger partial charge >= 0.3 is 0 Å². The third-order valence-electron chi connectivity index (χ3n) is 2.43. The summed E-state index contributed by atoms with van der Waals surface area (Å²) in [4.78, 5) is 9.04. The van der Waals surface area contributed by atoms with Crippen molar-refractivity contribution in [2.75, 3.05) is 18.5 Å². The number of halogens is 1. The molecule has 0 atom stereocenters. The molecule has 0 fully saturated rings. The number of nitrogens with zero attached hydrogens (tertiary/aromatic N) is 2. The molecule has 0 amide bonds. The van der Waals surface area contributed by atoms with E-state index in [0.29, 0.717) is 13.2 Å². The lowest BCUT2D eigenvalue weighted by Gasteiger charge is -2.12. The summed E-state index contributed by atoms with van der Waals surface area (Å²) in [5, 5.41) is 3.32. The molecule has 1 rings (SSSR count). The van der Waals surface area contributed by atoms with E-state index in [1.807, 2.05) is 6.92 Å². The molecule has 1 aromatic heterocycles. The molecule has 0 saturated carbocycles. The largest absolute Gasteiger partial charge is 0.374 e. The van der Waals surface area contributed by atoms with Crippen molar-refractivity contribution >= 4 is 21.7 Å². The number of aryl methyl sites for hydroxylation is 1. The summed E-state index contributed by atoms with van der Waals surface area (Å²) in [5.41, 5.74) is 1.06. The van der Waals surface area contributed by atoms with Gasteiger partial charge in [0.1, 0.15) is 12.4 Å². The summed E-state index contributed by atoms with van der Waals surface area (Å²) in [5.74, 6) is 1.63. The number of hydrogen-bond acceptors (Lipinski definition) is 4. The summed E-state index contributed by atoms with van der Waals surface area (Å²) >= 11 is 3.59. The van der Waals surface area contributed by atoms with Crippen LogP contribution in [0.15, 0.2) is 4.47 Å². The summed E-state index contributed by atoms with van der Waals surface area (Å²) < 4.78 is 6.37. The average Bonchev–Trinajstić information content (AvgIpc) is 2.38. The van der Waals surface area contributed by atoms with Crippen LogP contribution in [-0.4, -0.2) is 23.1 Å². The van der Waals surface area contributed by atoms with Crippen LogP contribution >= 0.6 is 15.9 Å². The standard InChI is InChI=1S/C13H22BrN3O/c1-4-7-10-12(14)13(15-8-5-2)17-11(16-10)9-18-6-3/h4-9H2,1-3H3,(H,15,16,17). The van der Waals surface area contributed by atoms with Gasteiger partial charge in [0.2, 0.25) is 0 Å². The Labute approximate surface area is 118 Å². The Kier molecular flexibility index (Phi) is 7.20. The Bertz CT molecular complexity index is 371. The van der Waals surface area contributed by atoms with E-state index in [9.17, 15) is 0 Å². The minimum atomic E-state index is 0.474. The van der Waals surface area contributed by atoms with Crippen LogP contribution in [0.5, 0.6) is 0 Å². The van der Waals surface area contributed by atoms with Gasteiger partial charge in [0, 0.05) is 13.2 Å². The molecule has 0 unspecified atom stereocenters. The van der Waals surface area contributed by atoms with E-state index in [1.54, 1.807) is 0 Å². The first-order valence-corrected chi connectivity index (χ1v) is 7.39. The van der Waals surface area contributed by atoms with Crippen molar-refractivity contribution in [2.45, 2.75) is 46.6 Å². The van der Waals surface area contributed by atoms with E-state index < -0.39 is 0 Å². The number of rotatable bonds is 8. The molecule has 0 bridgehead atoms. The quantitative estimate of drug-likeness (QED) is 0.797. The van der Waals surface area contributed by atoms with Crippen LogP contribution in [0.2, 0.25) is 0 Å². The van der Waals surface area contributed by atoms with Gasteiger partial charge in [0.25, 0.3) is 0 Å². The Morgan fingerprint density at radius 3 is 2.56 bits per heavy atom. The number of aromatic nitrogens is 2. The fourth-order valence-corrected chi connectivity index (χ4v) is 2.08. The second-order valence-electron chi connectivity index (χ2n) is 4.06. The maximum Gasteiger partial charge on any atom is 0.156 e. The Morgan fingerprint density at radius 2 is 1.94 bits per heavy atom. The highest BCUT2D eigenvalue weighted by molar-refractivity contribution is 9.10. The van der Waals surface area contributed by atoms with Crippen LogP contribution < -0.4 is 5.32 Å². The fourth-order valence-electron chi connectivity index (χ4n) is 1.57. The molecule has 1 N–H and O–H groups in total. The van der Waals surface area contributed by atoms with E-state index in [-0.39, 0.29) is 0 Å². The molecule has 1 heterocycles. The second kappa shape index (κ2) is 8.43. The van der Waals surface area contributed by atoms with Crippen molar-refractivity contribution in [3.8, 4) is 0 Å². The zero-order valence-electron chi connectivity index (χ0n) is 11.4. The van der Waals surface area contributed by atoms with Crippen LogP contribution in [0.25, 0.3) is 0 Å². The smallest absolute Gasteiger partial charge is 0.156 e. The SMILES string of the molecule is CCCNc1nc(COCC)nc(CCC)c1Br. The van der Waals surface area contributed by atoms with Gasteiger partial charge in [-0.15, -0.1) is 0 Å². The van der Waals surface area contributed by atoms with Gasteiger partial charge in [0.15, 0.2) is 5.82 Å². The Balaban J connectivity index is 2.94. The number of anilines is 1. The molecular formula is C13H22BrN3O. The van der Waals surface area contributed by atoms with Crippen LogP contribution in [-0.2, 0) is 17.8 Å². The Hall–Kier alpha value is -0.680. The van der Waals surface area contributed by atoms with E-state index in [2.05, 4.69) is 45.1 Å². The van der Waals surface area contributed by atoms with Crippen LogP contribution in [0.1, 0.15) is 45.1 Å². The predicted molar refractivity (Wildman–Crippen MR) is 77.8 cm³/mol. The highest BCUT2D eigenvalue weighted by atomic mass is 79.9. The van der Waals surface area contributed by atoms with Gasteiger partial charge in [-0.3, -0.25) is 0 Å². The minimum absolute atomic E-state index is 0.474. The van der Waals surface area contributed by atoms with Crippen molar-refractivity contribution in [3.63, 3.8) is 0 Å². The van der Waals surface area contributed by atoms with Crippen molar-refractivity contribution in [3.05, 3.63) is 16.0 Å². The molecule has 0 aromatic carbocycles. The fraction of sp³-hybridized carbons (Fsp3) is 0.692. The van der Waals surface area contributed by atoms with Gasteiger partial charge in [-0.25, -0.2) is 9.97 Å². The maximum atomic E-state index is 5.38. The van der Waals surface area contributed by atoms with E-state index in [1.165, 1.54) is 0 Å². The van der Waals surface area contributed by atoms with E-state index in [0.717, 1.165) is 47.6 Å². The average molecular weight is 316 g/mol. The third kappa shape index (κ3) is 4.53. The molecule has 0 saturated heterocycles. The van der Waals surface area contributed by atoms with Crippen molar-refractivity contribution < 1.29 is 4.74 Å². The second-order valence-corrected chi connectivity index (χ2v) is 4.86. The lowest BCUT2D eigenvalue weighted by Crippen LogP contribution is -2.10. The van der Waals surface area contributed by atoms with Crippen LogP contribution in [0.3, 0.4) is 0 Å². The third-order valence-corrected chi connectivity index (χ3v) is 3.26. The Morgan fingerprint density at radius 1 is 1.17 bits per heavy atom. The van der Waals surface area contributed by atoms with Gasteiger partial charge in [-0.2, -0.15) is 0 Å². The molecule has 0 spiro atoms. The monoisotopic (exact) mass is 315 g/mol. The lowest BCUT2D eigenvalue weighted by molar-refractivity contribution is 0.128. The van der Waals surface area contributed by atoms with Crippen LogP contribution in [0, 0.1) is 0 Å². The van der Waals surface area contributed by atoms with Crippen LogP contribution in [0.4, 0.5) is 5.82 Å². The molecule has 0 aliphatic heterocycles. The highest BCUT2D eigenvalue weighted by Crippen LogP contribution is 2.25. The normalized spacial score (nSPS) is 10.7. The number of hydrogen-bond donors (Lipinski definition) is 1. The first-order valence-electron chi connectivity index (χ1n) is 6.59. The molecule has 18 heavy (non-hydrogen) atoms.